The molecule has 0 radical (unpaired) electrons. The second-order valence-electron chi connectivity index (χ2n) is 7.44. The zero-order chi connectivity index (χ0) is 23.0. The second-order valence-corrected chi connectivity index (χ2v) is 7.44. The van der Waals surface area contributed by atoms with Gasteiger partial charge in [-0.2, -0.15) is 0 Å². The Balaban J connectivity index is 1.98. The zero-order valence-corrected chi connectivity index (χ0v) is 17.4. The highest BCUT2D eigenvalue weighted by molar-refractivity contribution is 6.51. The first-order chi connectivity index (χ1) is 15.3. The van der Waals surface area contributed by atoms with E-state index in [1.807, 2.05) is 6.92 Å². The van der Waals surface area contributed by atoms with Crippen LogP contribution in [0.1, 0.15) is 22.7 Å². The fraction of sp³-hybridized carbons (Fsp3) is 0.120. The number of aliphatic hydroxyl groups is 1. The number of phenolic OH excluding ortho intramolecular Hbond substituents is 1. The number of amides is 1. The molecule has 1 unspecified atom stereocenters. The standard InChI is InChI=1S/C25H20FNO5/c1-14-3-8-17(9-4-14)27-22(15-5-10-18(28)11-6-15)21(24(30)25(27)31)23(29)19-13-16(26)7-12-20(19)32-2/h3-13,22,28-29H,1-2H3/b23-21+. The molecule has 162 valence electrons. The molecule has 1 heterocycles. The number of methoxy groups -OCH3 is 1. The Kier molecular flexibility index (Phi) is 5.40. The predicted molar refractivity (Wildman–Crippen MR) is 117 cm³/mol. The summed E-state index contributed by atoms with van der Waals surface area (Å²) in [5.41, 5.74) is 1.67. The Morgan fingerprint density at radius 2 is 1.66 bits per heavy atom. The molecule has 1 saturated heterocycles. The average Bonchev–Trinajstić information content (AvgIpc) is 3.05. The van der Waals surface area contributed by atoms with Gasteiger partial charge in [0.15, 0.2) is 0 Å². The van der Waals surface area contributed by atoms with E-state index in [2.05, 4.69) is 0 Å². The van der Waals surface area contributed by atoms with Gasteiger partial charge in [-0.05, 0) is 55.0 Å². The van der Waals surface area contributed by atoms with Crippen LogP contribution in [0, 0.1) is 12.7 Å². The van der Waals surface area contributed by atoms with Crippen molar-refractivity contribution in [1.82, 2.24) is 0 Å². The van der Waals surface area contributed by atoms with Crippen molar-refractivity contribution in [3.05, 3.63) is 94.8 Å². The van der Waals surface area contributed by atoms with Crippen LogP contribution in [0.4, 0.5) is 10.1 Å². The van der Waals surface area contributed by atoms with Crippen LogP contribution in [-0.4, -0.2) is 29.0 Å². The molecule has 3 aromatic rings. The lowest BCUT2D eigenvalue weighted by molar-refractivity contribution is -0.132. The number of Topliss-reactive ketones (excluding diaryl/α,β-unsaturated/α-hetero) is 1. The molecular weight excluding hydrogens is 413 g/mol. The molecule has 6 nitrogen and oxygen atoms in total. The van der Waals surface area contributed by atoms with Gasteiger partial charge >= 0.3 is 0 Å². The summed E-state index contributed by atoms with van der Waals surface area (Å²) in [5.74, 6) is -2.77. The van der Waals surface area contributed by atoms with Crippen molar-refractivity contribution in [2.24, 2.45) is 0 Å². The van der Waals surface area contributed by atoms with Crippen molar-refractivity contribution in [3.63, 3.8) is 0 Å². The van der Waals surface area contributed by atoms with E-state index in [0.717, 1.165) is 17.7 Å². The summed E-state index contributed by atoms with van der Waals surface area (Å²) in [6, 6.07) is 15.5. The lowest BCUT2D eigenvalue weighted by Gasteiger charge is -2.25. The van der Waals surface area contributed by atoms with Crippen molar-refractivity contribution >= 4 is 23.1 Å². The number of hydrogen-bond donors (Lipinski definition) is 2. The molecule has 3 aromatic carbocycles. The number of halogens is 1. The topological polar surface area (TPSA) is 87.1 Å². The van der Waals surface area contributed by atoms with Gasteiger partial charge in [0.25, 0.3) is 11.7 Å². The number of nitrogens with zero attached hydrogens (tertiary/aromatic N) is 1. The molecule has 1 aliphatic rings. The van der Waals surface area contributed by atoms with Gasteiger partial charge in [-0.3, -0.25) is 14.5 Å². The molecule has 0 aromatic heterocycles. The van der Waals surface area contributed by atoms with E-state index in [-0.39, 0.29) is 22.6 Å². The Morgan fingerprint density at radius 1 is 1.00 bits per heavy atom. The number of aryl methyl sites for hydroxylation is 1. The van der Waals surface area contributed by atoms with Gasteiger partial charge in [0.2, 0.25) is 0 Å². The molecule has 1 atom stereocenters. The summed E-state index contributed by atoms with van der Waals surface area (Å²) in [6.07, 6.45) is 0. The Labute approximate surface area is 183 Å². The first-order valence-electron chi connectivity index (χ1n) is 9.82. The van der Waals surface area contributed by atoms with Crippen LogP contribution >= 0.6 is 0 Å². The largest absolute Gasteiger partial charge is 0.508 e. The summed E-state index contributed by atoms with van der Waals surface area (Å²) in [6.45, 7) is 1.89. The molecule has 1 aliphatic heterocycles. The first-order valence-corrected chi connectivity index (χ1v) is 9.82. The van der Waals surface area contributed by atoms with Crippen LogP contribution < -0.4 is 9.64 Å². The molecule has 1 fully saturated rings. The van der Waals surface area contributed by atoms with Crippen LogP contribution in [0.15, 0.2) is 72.3 Å². The van der Waals surface area contributed by atoms with Crippen molar-refractivity contribution in [3.8, 4) is 11.5 Å². The maximum atomic E-state index is 14.0. The van der Waals surface area contributed by atoms with Gasteiger partial charge in [-0.25, -0.2) is 4.39 Å². The average molecular weight is 433 g/mol. The van der Waals surface area contributed by atoms with Crippen LogP contribution in [0.2, 0.25) is 0 Å². The van der Waals surface area contributed by atoms with E-state index >= 15 is 0 Å². The highest BCUT2D eigenvalue weighted by Gasteiger charge is 2.47. The lowest BCUT2D eigenvalue weighted by Crippen LogP contribution is -2.29. The number of rotatable bonds is 4. The normalized spacial score (nSPS) is 17.6. The van der Waals surface area contributed by atoms with E-state index in [0.29, 0.717) is 11.3 Å². The molecule has 4 rings (SSSR count). The summed E-state index contributed by atoms with van der Waals surface area (Å²) in [5, 5.41) is 20.8. The number of phenols is 1. The number of carbonyl (C=O) groups excluding carboxylic acids is 2. The van der Waals surface area contributed by atoms with Crippen molar-refractivity contribution in [2.45, 2.75) is 13.0 Å². The van der Waals surface area contributed by atoms with Gasteiger partial charge in [0, 0.05) is 5.69 Å². The summed E-state index contributed by atoms with van der Waals surface area (Å²) >= 11 is 0. The number of carbonyl (C=O) groups is 2. The third-order valence-electron chi connectivity index (χ3n) is 5.38. The van der Waals surface area contributed by atoms with Crippen molar-refractivity contribution < 1.29 is 28.9 Å². The van der Waals surface area contributed by atoms with Crippen LogP contribution in [0.3, 0.4) is 0 Å². The Morgan fingerprint density at radius 3 is 2.28 bits per heavy atom. The number of ketones is 1. The van der Waals surface area contributed by atoms with E-state index in [1.54, 1.807) is 36.4 Å². The number of benzene rings is 3. The zero-order valence-electron chi connectivity index (χ0n) is 17.4. The minimum absolute atomic E-state index is 0.00726. The number of anilines is 1. The van der Waals surface area contributed by atoms with Gasteiger partial charge in [-0.1, -0.05) is 29.8 Å². The molecule has 0 saturated carbocycles. The summed E-state index contributed by atoms with van der Waals surface area (Å²) < 4.78 is 19.2. The smallest absolute Gasteiger partial charge is 0.300 e. The second kappa shape index (κ2) is 8.19. The van der Waals surface area contributed by atoms with Crippen molar-refractivity contribution in [2.75, 3.05) is 12.0 Å². The van der Waals surface area contributed by atoms with E-state index in [9.17, 15) is 24.2 Å². The van der Waals surface area contributed by atoms with Crippen LogP contribution in [0.5, 0.6) is 11.5 Å². The first kappa shape index (κ1) is 21.1. The fourth-order valence-corrected chi connectivity index (χ4v) is 3.79. The molecule has 0 spiro atoms. The minimum Gasteiger partial charge on any atom is -0.508 e. The molecule has 7 heteroatoms. The van der Waals surface area contributed by atoms with Gasteiger partial charge < -0.3 is 14.9 Å². The van der Waals surface area contributed by atoms with E-state index in [1.165, 1.54) is 30.2 Å². The monoisotopic (exact) mass is 433 g/mol. The number of aliphatic hydroxyl groups excluding tert-OH is 1. The number of ether oxygens (including phenoxy) is 1. The highest BCUT2D eigenvalue weighted by Crippen LogP contribution is 2.43. The maximum Gasteiger partial charge on any atom is 0.300 e. The van der Waals surface area contributed by atoms with Crippen LogP contribution in [-0.2, 0) is 9.59 Å². The quantitative estimate of drug-likeness (QED) is 0.360. The SMILES string of the molecule is COc1ccc(F)cc1/C(O)=C1\C(=O)C(=O)N(c2ccc(C)cc2)C1c1ccc(O)cc1. The molecule has 1 amide bonds. The minimum atomic E-state index is -0.994. The Bertz CT molecular complexity index is 1230. The molecule has 32 heavy (non-hydrogen) atoms. The van der Waals surface area contributed by atoms with E-state index < -0.39 is 29.3 Å². The molecule has 0 aliphatic carbocycles. The third-order valence-corrected chi connectivity index (χ3v) is 5.38. The van der Waals surface area contributed by atoms with E-state index in [4.69, 9.17) is 4.74 Å². The Hall–Kier alpha value is -4.13. The summed E-state index contributed by atoms with van der Waals surface area (Å²) in [7, 11) is 1.35. The molecule has 2 N–H and O–H groups in total. The highest BCUT2D eigenvalue weighted by atomic mass is 19.1. The molecular formula is C25H20FNO5. The fourth-order valence-electron chi connectivity index (χ4n) is 3.79. The predicted octanol–water partition coefficient (Wildman–Crippen LogP) is 4.47. The number of aromatic hydroxyl groups is 1. The van der Waals surface area contributed by atoms with Gasteiger partial charge in [-0.15, -0.1) is 0 Å². The van der Waals surface area contributed by atoms with Gasteiger partial charge in [0.1, 0.15) is 23.1 Å². The third kappa shape index (κ3) is 3.58. The van der Waals surface area contributed by atoms with Crippen LogP contribution in [0.25, 0.3) is 5.76 Å². The number of hydrogen-bond acceptors (Lipinski definition) is 5. The lowest BCUT2D eigenvalue weighted by atomic mass is 9.94. The summed E-state index contributed by atoms with van der Waals surface area (Å²) in [4.78, 5) is 27.5. The maximum absolute atomic E-state index is 14.0. The van der Waals surface area contributed by atoms with Gasteiger partial charge in [0.05, 0.1) is 24.3 Å². The van der Waals surface area contributed by atoms with Crippen molar-refractivity contribution in [1.29, 1.82) is 0 Å². The molecule has 0 bridgehead atoms.